The van der Waals surface area contributed by atoms with Gasteiger partial charge in [-0.3, -0.25) is 4.98 Å². The average Bonchev–Trinajstić information content (AvgIpc) is 2.26. The highest BCUT2D eigenvalue weighted by molar-refractivity contribution is 5.81. The predicted octanol–water partition coefficient (Wildman–Crippen LogP) is 2.56. The third-order valence-electron chi connectivity index (χ3n) is 2.63. The molecule has 2 aromatic rings. The minimum atomic E-state index is 0.846. The van der Waals surface area contributed by atoms with Gasteiger partial charge in [-0.1, -0.05) is 6.07 Å². The topological polar surface area (TPSA) is 22.1 Å². The van der Waals surface area contributed by atoms with Crippen LogP contribution in [0.4, 0.5) is 0 Å². The van der Waals surface area contributed by atoms with Gasteiger partial charge in [-0.2, -0.15) is 0 Å². The molecule has 1 aromatic heterocycles. The van der Waals surface area contributed by atoms with Crippen molar-refractivity contribution in [2.45, 2.75) is 12.8 Å². The average molecular weight is 185 g/mol. The quantitative estimate of drug-likeness (QED) is 0.629. The summed E-state index contributed by atoms with van der Waals surface area (Å²) < 4.78 is 5.60. The Morgan fingerprint density at radius 3 is 3.29 bits per heavy atom. The second-order valence-corrected chi connectivity index (χ2v) is 3.61. The van der Waals surface area contributed by atoms with Crippen molar-refractivity contribution in [3.8, 4) is 5.75 Å². The maximum atomic E-state index is 5.60. The summed E-state index contributed by atoms with van der Waals surface area (Å²) in [6.45, 7) is 0.846. The van der Waals surface area contributed by atoms with Crippen molar-refractivity contribution >= 4 is 10.9 Å². The van der Waals surface area contributed by atoms with E-state index in [4.69, 9.17) is 4.74 Å². The molecule has 2 nitrogen and oxygen atoms in total. The van der Waals surface area contributed by atoms with Crippen LogP contribution in [0, 0.1) is 0 Å². The molecule has 70 valence electrons. The zero-order valence-electron chi connectivity index (χ0n) is 7.86. The molecule has 1 aliphatic rings. The Morgan fingerprint density at radius 2 is 2.29 bits per heavy atom. The van der Waals surface area contributed by atoms with Crippen LogP contribution in [0.15, 0.2) is 30.5 Å². The van der Waals surface area contributed by atoms with Gasteiger partial charge in [0.2, 0.25) is 0 Å². The van der Waals surface area contributed by atoms with Crippen molar-refractivity contribution in [2.75, 3.05) is 6.61 Å². The molecule has 3 rings (SSSR count). The number of benzene rings is 1. The number of aromatic nitrogens is 1. The lowest BCUT2D eigenvalue weighted by Crippen LogP contribution is -2.08. The second kappa shape index (κ2) is 2.98. The summed E-state index contributed by atoms with van der Waals surface area (Å²) in [5.74, 6) is 1.04. The lowest BCUT2D eigenvalue weighted by Gasteiger charge is -2.17. The summed E-state index contributed by atoms with van der Waals surface area (Å²) in [4.78, 5) is 4.33. The summed E-state index contributed by atoms with van der Waals surface area (Å²) in [6.07, 6.45) is 4.06. The van der Waals surface area contributed by atoms with Crippen LogP contribution in [0.3, 0.4) is 0 Å². The van der Waals surface area contributed by atoms with Gasteiger partial charge in [0.25, 0.3) is 0 Å². The SMILES string of the molecule is c1cnc2cc3c(cc2c1)OCCC3. The third-order valence-corrected chi connectivity index (χ3v) is 2.63. The Morgan fingerprint density at radius 1 is 1.29 bits per heavy atom. The molecular formula is C12H11NO. The van der Waals surface area contributed by atoms with E-state index < -0.39 is 0 Å². The summed E-state index contributed by atoms with van der Waals surface area (Å²) >= 11 is 0. The van der Waals surface area contributed by atoms with Crippen molar-refractivity contribution in [1.29, 1.82) is 0 Å². The Labute approximate surface area is 82.5 Å². The number of nitrogens with zero attached hydrogens (tertiary/aromatic N) is 1. The van der Waals surface area contributed by atoms with Crippen LogP contribution in [0.1, 0.15) is 12.0 Å². The molecule has 0 aliphatic carbocycles. The fraction of sp³-hybridized carbons (Fsp3) is 0.250. The van der Waals surface area contributed by atoms with Gasteiger partial charge in [0.1, 0.15) is 5.75 Å². The van der Waals surface area contributed by atoms with Crippen LogP contribution in [-0.2, 0) is 6.42 Å². The van der Waals surface area contributed by atoms with Gasteiger partial charge in [0.15, 0.2) is 0 Å². The Bertz CT molecular complexity index is 434. The van der Waals surface area contributed by atoms with E-state index in [1.807, 2.05) is 12.3 Å². The molecule has 1 aromatic carbocycles. The molecule has 14 heavy (non-hydrogen) atoms. The largest absolute Gasteiger partial charge is 0.493 e. The molecule has 0 spiro atoms. The van der Waals surface area contributed by atoms with E-state index in [-0.39, 0.29) is 0 Å². The van der Waals surface area contributed by atoms with Gasteiger partial charge in [-0.15, -0.1) is 0 Å². The number of pyridine rings is 1. The molecule has 0 saturated heterocycles. The van der Waals surface area contributed by atoms with Gasteiger partial charge in [0, 0.05) is 11.6 Å². The van der Waals surface area contributed by atoms with Crippen molar-refractivity contribution < 1.29 is 4.74 Å². The van der Waals surface area contributed by atoms with Gasteiger partial charge < -0.3 is 4.74 Å². The highest BCUT2D eigenvalue weighted by Crippen LogP contribution is 2.28. The number of rotatable bonds is 0. The van der Waals surface area contributed by atoms with E-state index in [2.05, 4.69) is 23.2 Å². The summed E-state index contributed by atoms with van der Waals surface area (Å²) in [5, 5.41) is 1.16. The molecule has 0 fully saturated rings. The van der Waals surface area contributed by atoms with Gasteiger partial charge >= 0.3 is 0 Å². The first-order chi connectivity index (χ1) is 6.93. The minimum Gasteiger partial charge on any atom is -0.493 e. The molecule has 1 aliphatic heterocycles. The molecule has 2 heterocycles. The fourth-order valence-electron chi connectivity index (χ4n) is 1.92. The van der Waals surface area contributed by atoms with Crippen molar-refractivity contribution in [3.63, 3.8) is 0 Å². The van der Waals surface area contributed by atoms with Gasteiger partial charge in [-0.05, 0) is 36.6 Å². The second-order valence-electron chi connectivity index (χ2n) is 3.61. The number of fused-ring (bicyclic) bond motifs is 2. The summed E-state index contributed by atoms with van der Waals surface area (Å²) in [7, 11) is 0. The van der Waals surface area contributed by atoms with Crippen LogP contribution in [0.5, 0.6) is 5.75 Å². The zero-order chi connectivity index (χ0) is 9.38. The number of hydrogen-bond donors (Lipinski definition) is 0. The lowest BCUT2D eigenvalue weighted by molar-refractivity contribution is 0.289. The van der Waals surface area contributed by atoms with Gasteiger partial charge in [0.05, 0.1) is 12.1 Å². The van der Waals surface area contributed by atoms with Crippen molar-refractivity contribution in [2.24, 2.45) is 0 Å². The van der Waals surface area contributed by atoms with Crippen LogP contribution in [0.25, 0.3) is 10.9 Å². The van der Waals surface area contributed by atoms with Crippen LogP contribution < -0.4 is 4.74 Å². The molecular weight excluding hydrogens is 174 g/mol. The first kappa shape index (κ1) is 7.80. The maximum absolute atomic E-state index is 5.60. The van der Waals surface area contributed by atoms with E-state index in [9.17, 15) is 0 Å². The molecule has 0 bridgehead atoms. The lowest BCUT2D eigenvalue weighted by atomic mass is 10.0. The molecule has 0 amide bonds. The maximum Gasteiger partial charge on any atom is 0.123 e. The highest BCUT2D eigenvalue weighted by Gasteiger charge is 2.10. The standard InChI is InChI=1S/C12H11NO/c1-3-9-8-12-10(4-2-6-14-12)7-11(9)13-5-1/h1,3,5,7-8H,2,4,6H2. The number of aryl methyl sites for hydroxylation is 1. The van der Waals surface area contributed by atoms with E-state index in [0.717, 1.165) is 36.1 Å². The number of ether oxygens (including phenoxy) is 1. The first-order valence-corrected chi connectivity index (χ1v) is 4.94. The molecule has 0 atom stereocenters. The first-order valence-electron chi connectivity index (χ1n) is 4.94. The Hall–Kier alpha value is -1.57. The number of hydrogen-bond acceptors (Lipinski definition) is 2. The minimum absolute atomic E-state index is 0.846. The van der Waals surface area contributed by atoms with E-state index in [0.29, 0.717) is 0 Å². The summed E-state index contributed by atoms with van der Waals surface area (Å²) in [5.41, 5.74) is 2.36. The molecule has 2 heteroatoms. The van der Waals surface area contributed by atoms with Crippen LogP contribution >= 0.6 is 0 Å². The van der Waals surface area contributed by atoms with E-state index in [1.165, 1.54) is 5.56 Å². The van der Waals surface area contributed by atoms with E-state index >= 15 is 0 Å². The Kier molecular flexibility index (Phi) is 1.66. The van der Waals surface area contributed by atoms with Crippen LogP contribution in [-0.4, -0.2) is 11.6 Å². The van der Waals surface area contributed by atoms with Crippen molar-refractivity contribution in [3.05, 3.63) is 36.0 Å². The van der Waals surface area contributed by atoms with E-state index in [1.54, 1.807) is 0 Å². The Balaban J connectivity index is 2.27. The zero-order valence-corrected chi connectivity index (χ0v) is 7.86. The third kappa shape index (κ3) is 1.15. The molecule has 0 saturated carbocycles. The predicted molar refractivity (Wildman–Crippen MR) is 55.6 cm³/mol. The summed E-state index contributed by atoms with van der Waals surface area (Å²) in [6, 6.07) is 8.26. The monoisotopic (exact) mass is 185 g/mol. The normalized spacial score (nSPS) is 14.9. The van der Waals surface area contributed by atoms with Crippen LogP contribution in [0.2, 0.25) is 0 Å². The molecule has 0 radical (unpaired) electrons. The molecule has 0 unspecified atom stereocenters. The van der Waals surface area contributed by atoms with Crippen molar-refractivity contribution in [1.82, 2.24) is 4.98 Å². The van der Waals surface area contributed by atoms with Gasteiger partial charge in [-0.25, -0.2) is 0 Å². The highest BCUT2D eigenvalue weighted by atomic mass is 16.5. The fourth-order valence-corrected chi connectivity index (χ4v) is 1.92. The molecule has 0 N–H and O–H groups in total. The smallest absolute Gasteiger partial charge is 0.123 e.